The lowest BCUT2D eigenvalue weighted by molar-refractivity contribution is -0.137. The number of hydrogen-bond acceptors (Lipinski definition) is 4. The highest BCUT2D eigenvalue weighted by atomic mass is 16.2. The van der Waals surface area contributed by atoms with Gasteiger partial charge in [0.2, 0.25) is 5.91 Å². The lowest BCUT2D eigenvalue weighted by Gasteiger charge is -2.35. The monoisotopic (exact) mass is 443 g/mol. The van der Waals surface area contributed by atoms with Crippen molar-refractivity contribution in [3.63, 3.8) is 0 Å². The first-order chi connectivity index (χ1) is 16.1. The first-order valence-corrected chi connectivity index (χ1v) is 12.5. The van der Waals surface area contributed by atoms with Gasteiger partial charge in [0.25, 0.3) is 0 Å². The molecule has 1 saturated carbocycles. The summed E-state index contributed by atoms with van der Waals surface area (Å²) in [6.45, 7) is 4.79. The molecule has 2 aromatic heterocycles. The number of fused-ring (bicyclic) bond motifs is 1. The van der Waals surface area contributed by atoms with Gasteiger partial charge in [-0.05, 0) is 49.6 Å². The Balaban J connectivity index is 1.26. The molecule has 2 fully saturated rings. The number of anilines is 1. The number of piperidine rings is 1. The Morgan fingerprint density at radius 3 is 2.64 bits per heavy atom. The summed E-state index contributed by atoms with van der Waals surface area (Å²) >= 11 is 0. The van der Waals surface area contributed by atoms with Gasteiger partial charge < -0.3 is 10.2 Å². The van der Waals surface area contributed by atoms with Gasteiger partial charge in [0.15, 0.2) is 5.65 Å². The van der Waals surface area contributed by atoms with Crippen LogP contribution >= 0.6 is 0 Å². The van der Waals surface area contributed by atoms with Gasteiger partial charge in [-0.2, -0.15) is 9.61 Å². The molecule has 1 saturated heterocycles. The standard InChI is InChI=1S/C26H34BN5O/c1-18-7-5-6-10-21(18)23-15-24(32-25(30-23)22(27)17-29-32)28-16-19-11-13-31(14-12-19)26(33)20-8-3-2-4-9-20/h5-7,10,15,17,19-20,28H,2-4,8-9,11-14,16,27H2,1H3. The molecule has 1 amide bonds. The quantitative estimate of drug-likeness (QED) is 0.616. The van der Waals surface area contributed by atoms with Crippen molar-refractivity contribution < 1.29 is 4.79 Å². The Morgan fingerprint density at radius 1 is 1.12 bits per heavy atom. The molecule has 5 rings (SSSR count). The molecule has 0 unspecified atom stereocenters. The van der Waals surface area contributed by atoms with Crippen LogP contribution in [0.3, 0.4) is 0 Å². The third-order valence-electron chi connectivity index (χ3n) is 7.52. The molecule has 6 nitrogen and oxygen atoms in total. The highest BCUT2D eigenvalue weighted by Crippen LogP contribution is 2.28. The van der Waals surface area contributed by atoms with Crippen LogP contribution in [0, 0.1) is 18.8 Å². The number of carbonyl (C=O) groups excluding carboxylic acids is 1. The molecule has 0 radical (unpaired) electrons. The van der Waals surface area contributed by atoms with Crippen molar-refractivity contribution >= 4 is 30.7 Å². The third-order valence-corrected chi connectivity index (χ3v) is 7.52. The molecule has 1 aliphatic heterocycles. The molecule has 3 aromatic rings. The zero-order valence-corrected chi connectivity index (χ0v) is 19.9. The molecule has 0 spiro atoms. The van der Waals surface area contributed by atoms with Crippen molar-refractivity contribution in [1.82, 2.24) is 19.5 Å². The fourth-order valence-corrected chi connectivity index (χ4v) is 5.41. The van der Waals surface area contributed by atoms with Crippen molar-refractivity contribution in [1.29, 1.82) is 0 Å². The van der Waals surface area contributed by atoms with E-state index in [1.165, 1.54) is 24.8 Å². The first-order valence-electron chi connectivity index (χ1n) is 12.5. The fraction of sp³-hybridized carbons (Fsp3) is 0.500. The van der Waals surface area contributed by atoms with Crippen LogP contribution in [0.5, 0.6) is 0 Å². The second kappa shape index (κ2) is 9.58. The van der Waals surface area contributed by atoms with E-state index in [0.717, 1.165) is 73.5 Å². The van der Waals surface area contributed by atoms with Crippen LogP contribution in [0.15, 0.2) is 36.5 Å². The highest BCUT2D eigenvalue weighted by molar-refractivity contribution is 6.36. The molecule has 1 aromatic carbocycles. The number of aromatic nitrogens is 3. The summed E-state index contributed by atoms with van der Waals surface area (Å²) in [7, 11) is 2.06. The van der Waals surface area contributed by atoms with Crippen LogP contribution in [-0.4, -0.2) is 52.9 Å². The molecular weight excluding hydrogens is 409 g/mol. The number of hydrogen-bond donors (Lipinski definition) is 1. The van der Waals surface area contributed by atoms with Crippen LogP contribution < -0.4 is 10.8 Å². The number of rotatable bonds is 5. The van der Waals surface area contributed by atoms with E-state index in [0.29, 0.717) is 11.8 Å². The van der Waals surface area contributed by atoms with Crippen molar-refractivity contribution in [2.75, 3.05) is 25.0 Å². The topological polar surface area (TPSA) is 62.5 Å². The molecule has 172 valence electrons. The summed E-state index contributed by atoms with van der Waals surface area (Å²) in [5.41, 5.74) is 5.31. The fourth-order valence-electron chi connectivity index (χ4n) is 5.41. The molecule has 1 aliphatic carbocycles. The Labute approximate surface area is 197 Å². The van der Waals surface area contributed by atoms with Gasteiger partial charge in [0, 0.05) is 43.4 Å². The van der Waals surface area contributed by atoms with E-state index >= 15 is 0 Å². The number of benzene rings is 1. The largest absolute Gasteiger partial charge is 0.370 e. The maximum atomic E-state index is 12.9. The van der Waals surface area contributed by atoms with Crippen LogP contribution in [0.2, 0.25) is 0 Å². The van der Waals surface area contributed by atoms with Gasteiger partial charge in [0.1, 0.15) is 13.7 Å². The van der Waals surface area contributed by atoms with E-state index in [4.69, 9.17) is 4.98 Å². The maximum Gasteiger partial charge on any atom is 0.225 e. The average molecular weight is 443 g/mol. The number of likely N-dealkylation sites (tertiary alicyclic amines) is 1. The predicted molar refractivity (Wildman–Crippen MR) is 136 cm³/mol. The van der Waals surface area contributed by atoms with Crippen LogP contribution in [0.25, 0.3) is 16.9 Å². The summed E-state index contributed by atoms with van der Waals surface area (Å²) in [6, 6.07) is 10.5. The smallest absolute Gasteiger partial charge is 0.225 e. The lowest BCUT2D eigenvalue weighted by Crippen LogP contribution is -2.43. The molecule has 2 aliphatic rings. The minimum Gasteiger partial charge on any atom is -0.370 e. The van der Waals surface area contributed by atoms with Crippen molar-refractivity contribution in [2.45, 2.75) is 51.9 Å². The first kappa shape index (κ1) is 22.0. The van der Waals surface area contributed by atoms with E-state index in [1.807, 2.05) is 10.7 Å². The van der Waals surface area contributed by atoms with Crippen molar-refractivity contribution in [2.24, 2.45) is 11.8 Å². The Bertz CT molecular complexity index is 1130. The molecule has 1 N–H and O–H groups in total. The highest BCUT2D eigenvalue weighted by Gasteiger charge is 2.29. The molecule has 33 heavy (non-hydrogen) atoms. The zero-order chi connectivity index (χ0) is 22.8. The van der Waals surface area contributed by atoms with Crippen LogP contribution in [-0.2, 0) is 4.79 Å². The minimum atomic E-state index is 0.279. The minimum absolute atomic E-state index is 0.279. The Morgan fingerprint density at radius 2 is 1.88 bits per heavy atom. The van der Waals surface area contributed by atoms with Crippen molar-refractivity contribution in [3.05, 3.63) is 42.1 Å². The van der Waals surface area contributed by atoms with E-state index in [2.05, 4.69) is 60.4 Å². The van der Waals surface area contributed by atoms with Crippen LogP contribution in [0.4, 0.5) is 5.82 Å². The van der Waals surface area contributed by atoms with Gasteiger partial charge in [-0.3, -0.25) is 4.79 Å². The second-order valence-corrected chi connectivity index (χ2v) is 9.89. The number of aryl methyl sites for hydroxylation is 1. The van der Waals surface area contributed by atoms with E-state index in [9.17, 15) is 4.79 Å². The molecular formula is C26H34BN5O. The summed E-state index contributed by atoms with van der Waals surface area (Å²) in [6.07, 6.45) is 9.90. The SMILES string of the molecule is Bc1cnn2c(NCC3CCN(C(=O)C4CCCCC4)CC3)cc(-c3ccccc3C)nc12. The molecule has 0 bridgehead atoms. The molecule has 0 atom stereocenters. The predicted octanol–water partition coefficient (Wildman–Crippen LogP) is 3.19. The van der Waals surface area contributed by atoms with Gasteiger partial charge in [-0.15, -0.1) is 0 Å². The average Bonchev–Trinajstić information content (AvgIpc) is 3.24. The number of nitrogens with zero attached hydrogens (tertiary/aromatic N) is 4. The van der Waals surface area contributed by atoms with Gasteiger partial charge >= 0.3 is 0 Å². The summed E-state index contributed by atoms with van der Waals surface area (Å²) < 4.78 is 1.92. The Kier molecular flexibility index (Phi) is 6.38. The number of nitrogens with one attached hydrogen (secondary N) is 1. The zero-order valence-electron chi connectivity index (χ0n) is 19.9. The number of carbonyl (C=O) groups is 1. The van der Waals surface area contributed by atoms with E-state index in [1.54, 1.807) is 0 Å². The normalized spacial score (nSPS) is 18.0. The summed E-state index contributed by atoms with van der Waals surface area (Å²) in [5, 5.41) is 8.23. The lowest BCUT2D eigenvalue weighted by atomic mass is 9.87. The third kappa shape index (κ3) is 4.64. The van der Waals surface area contributed by atoms with Crippen LogP contribution in [0.1, 0.15) is 50.5 Å². The van der Waals surface area contributed by atoms with Gasteiger partial charge in [0.05, 0.1) is 5.69 Å². The summed E-state index contributed by atoms with van der Waals surface area (Å²) in [5.74, 6) is 2.22. The molecule has 3 heterocycles. The number of amides is 1. The van der Waals surface area contributed by atoms with E-state index in [-0.39, 0.29) is 5.92 Å². The van der Waals surface area contributed by atoms with Crippen molar-refractivity contribution in [3.8, 4) is 11.3 Å². The second-order valence-electron chi connectivity index (χ2n) is 9.89. The molecule has 7 heteroatoms. The summed E-state index contributed by atoms with van der Waals surface area (Å²) in [4.78, 5) is 19.9. The Hall–Kier alpha value is -2.83. The maximum absolute atomic E-state index is 12.9. The van der Waals surface area contributed by atoms with E-state index < -0.39 is 0 Å². The van der Waals surface area contributed by atoms with Gasteiger partial charge in [-0.1, -0.05) is 43.5 Å². The van der Waals surface area contributed by atoms with Gasteiger partial charge in [-0.25, -0.2) is 4.98 Å².